The molecule has 0 aliphatic carbocycles. The molecule has 3 rings (SSSR count). The molecule has 0 radical (unpaired) electrons. The Bertz CT molecular complexity index is 3100. The number of aromatic hydroxyl groups is 1. The van der Waals surface area contributed by atoms with Crippen molar-refractivity contribution >= 4 is 75.9 Å². The van der Waals surface area contributed by atoms with E-state index in [0.717, 1.165) is 27.1 Å². The van der Waals surface area contributed by atoms with Gasteiger partial charge in [0.2, 0.25) is 70.5 Å². The van der Waals surface area contributed by atoms with Crippen LogP contribution in [0, 0.1) is 41.4 Å². The minimum atomic E-state index is -1.67. The molecular formula is C73H121N12O13+. The topological polar surface area (TPSA) is 303 Å². The number of likely N-dealkylation sites (N-methyl/N-ethyl adjacent to an activating group) is 7. The van der Waals surface area contributed by atoms with Gasteiger partial charge in [-0.2, -0.15) is 4.57 Å². The monoisotopic (exact) mass is 1370 g/mol. The molecule has 0 spiro atoms. The first-order valence-corrected chi connectivity index (χ1v) is 35.1. The van der Waals surface area contributed by atoms with Gasteiger partial charge in [-0.1, -0.05) is 121 Å². The lowest BCUT2D eigenvalue weighted by Gasteiger charge is -2.41. The Morgan fingerprint density at radius 2 is 0.990 bits per heavy atom. The second-order valence-corrected chi connectivity index (χ2v) is 29.5. The van der Waals surface area contributed by atoms with E-state index >= 15 is 19.2 Å². The Morgan fingerprint density at radius 1 is 0.510 bits per heavy atom. The van der Waals surface area contributed by atoms with Gasteiger partial charge in [0.05, 0.1) is 18.0 Å². The highest BCUT2D eigenvalue weighted by Crippen LogP contribution is 2.27. The number of para-hydroxylation sites is 1. The van der Waals surface area contributed by atoms with Crippen molar-refractivity contribution in [1.29, 1.82) is 0 Å². The Kier molecular flexibility index (Phi) is 33.3. The summed E-state index contributed by atoms with van der Waals surface area (Å²) in [5.41, 5.74) is 0.879. The second kappa shape index (κ2) is 38.6. The number of pyridine rings is 1. The molecule has 25 nitrogen and oxygen atoms in total. The van der Waals surface area contributed by atoms with Crippen molar-refractivity contribution in [1.82, 2.24) is 55.6 Å². The van der Waals surface area contributed by atoms with Gasteiger partial charge in [-0.05, 0) is 106 Å². The predicted octanol–water partition coefficient (Wildman–Crippen LogP) is 4.88. The van der Waals surface area contributed by atoms with Crippen molar-refractivity contribution < 1.29 is 67.5 Å². The molecule has 6 N–H and O–H groups in total. The molecule has 2 aromatic rings. The molecular weight excluding hydrogens is 1250 g/mol. The van der Waals surface area contributed by atoms with Gasteiger partial charge < -0.3 is 65.8 Å². The molecule has 0 unspecified atom stereocenters. The number of aliphatic hydroxyl groups is 1. The summed E-state index contributed by atoms with van der Waals surface area (Å²) in [4.78, 5) is 171. The molecule has 1 fully saturated rings. The number of allylic oxidation sites excluding steroid dienone is 2. The molecule has 0 saturated carbocycles. The molecule has 2 heterocycles. The molecule has 1 aromatic heterocycles. The highest BCUT2D eigenvalue weighted by molar-refractivity contribution is 5.99. The van der Waals surface area contributed by atoms with Crippen LogP contribution in [0.25, 0.3) is 10.9 Å². The van der Waals surface area contributed by atoms with E-state index in [2.05, 4.69) is 25.8 Å². The van der Waals surface area contributed by atoms with Gasteiger partial charge in [0.15, 0.2) is 6.20 Å². The maximum Gasteiger partial charge on any atom is 0.246 e. The second-order valence-electron chi connectivity index (χ2n) is 29.5. The molecule has 11 amide bonds. The van der Waals surface area contributed by atoms with Crippen molar-refractivity contribution in [2.75, 3.05) is 55.9 Å². The number of carbonyl (C=O) groups is 11. The number of benzene rings is 1. The summed E-state index contributed by atoms with van der Waals surface area (Å²) < 4.78 is 2.05. The van der Waals surface area contributed by atoms with E-state index in [4.69, 9.17) is 0 Å². The van der Waals surface area contributed by atoms with Crippen molar-refractivity contribution in [2.24, 2.45) is 41.4 Å². The zero-order chi connectivity index (χ0) is 74.7. The quantitative estimate of drug-likeness (QED) is 0.0622. The predicted molar refractivity (Wildman–Crippen MR) is 378 cm³/mol. The third-order valence-electron chi connectivity index (χ3n) is 18.7. The standard InChI is InChI=1S/C73H120N12O13/c1-24-52-69(94)78(17)41-59(87)79(18)54(37-42(2)3)66(91)77-60(46(10)11)72(97)80(19)55(38-43(4)5)65(90)74-49(15)64(89)75-50(16)68(93)81(20)56(39-44(6)7)70(95)82(21)57(40-45(8)9)71(96)83(22)61(47(12)13)73(98)84(23)62(67(92)76-52)63(88)48(14)31-27-25-26-30-35-85-36-34-58(86)51-32-28-29-33-53(51)85/h25,27-29,32-34,36,42-50,52,54-57,60-63,88H,24,26,30-31,35,37-41H2,1-23H3,(H4,74,75,76,77,89,90,91,92)/p+1/b27-25+/t48-,49+,50-,52+,54+,55+,56+,57+,60+,61+,62+,63-/m1/s1. The van der Waals surface area contributed by atoms with Crippen molar-refractivity contribution in [2.45, 2.75) is 235 Å². The lowest BCUT2D eigenvalue weighted by molar-refractivity contribution is -0.671. The maximum absolute atomic E-state index is 15.4. The van der Waals surface area contributed by atoms with Gasteiger partial charge in [-0.25, -0.2) is 0 Å². The summed E-state index contributed by atoms with van der Waals surface area (Å²) in [6.45, 7) is 28.2. The third kappa shape index (κ3) is 22.9. The van der Waals surface area contributed by atoms with Gasteiger partial charge in [-0.15, -0.1) is 0 Å². The summed E-state index contributed by atoms with van der Waals surface area (Å²) in [6, 6.07) is -3.39. The molecule has 550 valence electrons. The number of fused-ring (bicyclic) bond motifs is 1. The summed E-state index contributed by atoms with van der Waals surface area (Å²) in [5.74, 6) is -9.86. The summed E-state index contributed by atoms with van der Waals surface area (Å²) in [5, 5.41) is 34.7. The van der Waals surface area contributed by atoms with E-state index < -0.39 is 156 Å². The van der Waals surface area contributed by atoms with E-state index in [0.29, 0.717) is 13.0 Å². The molecule has 0 bridgehead atoms. The summed E-state index contributed by atoms with van der Waals surface area (Å²) in [6.07, 6.45) is 6.30. The number of unbranched alkanes of at least 4 members (excludes halogenated alkanes) is 1. The maximum atomic E-state index is 15.4. The average Bonchev–Trinajstić information content (AvgIpc) is 0.809. The number of aryl methyl sites for hydroxylation is 1. The molecule has 25 heteroatoms. The Morgan fingerprint density at radius 3 is 1.52 bits per heavy atom. The highest BCUT2D eigenvalue weighted by Gasteiger charge is 2.46. The fraction of sp³-hybridized carbons (Fsp3) is 0.699. The molecule has 1 aliphatic rings. The van der Waals surface area contributed by atoms with Crippen LogP contribution in [0.4, 0.5) is 0 Å². The number of amides is 11. The van der Waals surface area contributed by atoms with Crippen molar-refractivity contribution in [3.63, 3.8) is 0 Å². The Hall–Kier alpha value is -7.70. The Labute approximate surface area is 583 Å². The normalized spacial score (nSPS) is 24.9. The van der Waals surface area contributed by atoms with Crippen LogP contribution in [0.15, 0.2) is 48.7 Å². The smallest absolute Gasteiger partial charge is 0.246 e. The summed E-state index contributed by atoms with van der Waals surface area (Å²) >= 11 is 0. The first kappa shape index (κ1) is 84.5. The number of hydrogen-bond donors (Lipinski definition) is 6. The lowest BCUT2D eigenvalue weighted by Crippen LogP contribution is -2.63. The van der Waals surface area contributed by atoms with Gasteiger partial charge in [0.1, 0.15) is 72.7 Å². The molecule has 1 aromatic carbocycles. The highest BCUT2D eigenvalue weighted by atomic mass is 16.3. The number of aromatic nitrogens is 1. The minimum Gasteiger partial charge on any atom is -0.507 e. The van der Waals surface area contributed by atoms with Gasteiger partial charge in [0, 0.05) is 67.9 Å². The zero-order valence-electron chi connectivity index (χ0n) is 63.0. The first-order valence-electron chi connectivity index (χ1n) is 35.1. The van der Waals surface area contributed by atoms with Crippen LogP contribution in [0.2, 0.25) is 0 Å². The number of carbonyl (C=O) groups excluding carboxylic acids is 11. The van der Waals surface area contributed by atoms with E-state index in [9.17, 15) is 43.8 Å². The van der Waals surface area contributed by atoms with E-state index in [1.165, 1.54) is 87.7 Å². The summed E-state index contributed by atoms with van der Waals surface area (Å²) in [7, 11) is 9.92. The number of hydrogen-bond acceptors (Lipinski definition) is 13. The van der Waals surface area contributed by atoms with Gasteiger partial charge in [0.25, 0.3) is 0 Å². The molecule has 98 heavy (non-hydrogen) atoms. The van der Waals surface area contributed by atoms with E-state index in [1.807, 2.05) is 98.0 Å². The van der Waals surface area contributed by atoms with Crippen LogP contribution in [0.3, 0.4) is 0 Å². The molecule has 12 atom stereocenters. The number of rotatable bonds is 19. The molecule has 1 saturated heterocycles. The fourth-order valence-corrected chi connectivity index (χ4v) is 12.6. The zero-order valence-corrected chi connectivity index (χ0v) is 63.0. The lowest BCUT2D eigenvalue weighted by atomic mass is 9.91. The van der Waals surface area contributed by atoms with Crippen LogP contribution in [0.5, 0.6) is 5.75 Å². The third-order valence-corrected chi connectivity index (χ3v) is 18.7. The van der Waals surface area contributed by atoms with E-state index in [-0.39, 0.29) is 67.9 Å². The SMILES string of the molecule is CC[C@@H]1NC(=O)[C@H]([C@H](O)[C@H](C)C/C=C/CCC[n+]2ccc(O)c3ccccc32)N(C)C(=O)[C@H](C(C)C)N(C)C(=O)[C@H](CC(C)C)N(C)C(=O)[C@H](CC(C)C)N(C)C(=O)[C@@H](C)NC(=O)[C@H](C)NC(=O)[C@H](CC(C)C)N(C)C(=O)[C@H](C(C)C)NC(=O)[C@H](CC(C)C)N(C)C(=O)CN(C)C1=O. The van der Waals surface area contributed by atoms with Crippen LogP contribution in [0.1, 0.15) is 162 Å². The van der Waals surface area contributed by atoms with Crippen LogP contribution >= 0.6 is 0 Å². The van der Waals surface area contributed by atoms with Crippen LogP contribution < -0.4 is 25.8 Å². The van der Waals surface area contributed by atoms with Crippen LogP contribution in [-0.2, 0) is 59.3 Å². The average molecular weight is 1370 g/mol. The fourth-order valence-electron chi connectivity index (χ4n) is 12.6. The first-order chi connectivity index (χ1) is 45.6. The Balaban J connectivity index is 2.26. The number of nitrogens with one attached hydrogen (secondary N) is 4. The van der Waals surface area contributed by atoms with Crippen molar-refractivity contribution in [3.8, 4) is 5.75 Å². The van der Waals surface area contributed by atoms with Crippen LogP contribution in [-0.4, -0.2) is 232 Å². The number of nitrogens with zero attached hydrogens (tertiary/aromatic N) is 8. The van der Waals surface area contributed by atoms with Gasteiger partial charge in [-0.3, -0.25) is 52.7 Å². The minimum absolute atomic E-state index is 0.00254. The number of aliphatic hydroxyl groups excluding tert-OH is 1. The van der Waals surface area contributed by atoms with E-state index in [1.54, 1.807) is 47.6 Å². The van der Waals surface area contributed by atoms with Crippen molar-refractivity contribution in [3.05, 3.63) is 48.7 Å². The largest absolute Gasteiger partial charge is 0.507 e. The van der Waals surface area contributed by atoms with Gasteiger partial charge >= 0.3 is 0 Å². The molecule has 1 aliphatic heterocycles.